The lowest BCUT2D eigenvalue weighted by Gasteiger charge is -2.09. The van der Waals surface area contributed by atoms with Gasteiger partial charge in [-0.25, -0.2) is 0 Å². The number of hydrogen-bond donors (Lipinski definition) is 0. The zero-order chi connectivity index (χ0) is 13.3. The molecule has 0 radical (unpaired) electrons. The van der Waals surface area contributed by atoms with Crippen molar-refractivity contribution >= 4 is 29.5 Å². The lowest BCUT2D eigenvalue weighted by atomic mass is 9.99. The fraction of sp³-hybridized carbons (Fsp3) is 0.133. The molecule has 3 heteroatoms. The molecule has 18 heavy (non-hydrogen) atoms. The highest BCUT2D eigenvalue weighted by molar-refractivity contribution is 6.34. The molecule has 0 bridgehead atoms. The van der Waals surface area contributed by atoms with Crippen molar-refractivity contribution in [2.75, 3.05) is 0 Å². The van der Waals surface area contributed by atoms with Crippen molar-refractivity contribution in [1.29, 1.82) is 0 Å². The Morgan fingerprint density at radius 2 is 1.61 bits per heavy atom. The molecule has 2 aromatic carbocycles. The second-order valence-corrected chi connectivity index (χ2v) is 5.08. The fourth-order valence-electron chi connectivity index (χ4n) is 1.79. The molecule has 0 heterocycles. The molecule has 2 aromatic rings. The van der Waals surface area contributed by atoms with E-state index in [4.69, 9.17) is 23.2 Å². The highest BCUT2D eigenvalue weighted by atomic mass is 35.5. The Morgan fingerprint density at radius 3 is 2.22 bits per heavy atom. The van der Waals surface area contributed by atoms with E-state index in [0.717, 1.165) is 23.0 Å². The molecule has 0 aliphatic heterocycles. The lowest BCUT2D eigenvalue weighted by Crippen LogP contribution is -1.88. The first-order chi connectivity index (χ1) is 8.52. The van der Waals surface area contributed by atoms with Crippen LogP contribution in [0.4, 0.5) is 0 Å². The normalized spacial score (nSPS) is 10.4. The van der Waals surface area contributed by atoms with Gasteiger partial charge in [-0.1, -0.05) is 29.3 Å². The van der Waals surface area contributed by atoms with Gasteiger partial charge in [0, 0.05) is 16.1 Å². The van der Waals surface area contributed by atoms with Crippen molar-refractivity contribution < 1.29 is 4.79 Å². The van der Waals surface area contributed by atoms with E-state index in [1.54, 1.807) is 12.1 Å². The van der Waals surface area contributed by atoms with Crippen molar-refractivity contribution in [2.45, 2.75) is 13.8 Å². The summed E-state index contributed by atoms with van der Waals surface area (Å²) in [6.45, 7) is 4.06. The van der Waals surface area contributed by atoms with E-state index in [1.165, 1.54) is 5.56 Å². The second kappa shape index (κ2) is 5.13. The van der Waals surface area contributed by atoms with Crippen LogP contribution in [0.25, 0.3) is 11.1 Å². The quantitative estimate of drug-likeness (QED) is 0.700. The summed E-state index contributed by atoms with van der Waals surface area (Å²) in [5.74, 6) is 0. The molecule has 92 valence electrons. The first kappa shape index (κ1) is 13.1. The maximum atomic E-state index is 10.7. The highest BCUT2D eigenvalue weighted by Gasteiger charge is 2.08. The molecule has 0 atom stereocenters. The molecule has 0 amide bonds. The van der Waals surface area contributed by atoms with Crippen LogP contribution < -0.4 is 0 Å². The van der Waals surface area contributed by atoms with Crippen LogP contribution in [-0.4, -0.2) is 6.29 Å². The van der Waals surface area contributed by atoms with Crippen LogP contribution in [0.5, 0.6) is 0 Å². The van der Waals surface area contributed by atoms with Crippen molar-refractivity contribution in [3.63, 3.8) is 0 Å². The molecule has 0 aliphatic rings. The summed E-state index contributed by atoms with van der Waals surface area (Å²) < 4.78 is 0. The molecular formula is C15H12Cl2O. The third-order valence-electron chi connectivity index (χ3n) is 3.02. The van der Waals surface area contributed by atoms with E-state index in [2.05, 4.69) is 0 Å². The third kappa shape index (κ3) is 2.43. The predicted octanol–water partition coefficient (Wildman–Crippen LogP) is 5.09. The molecule has 0 aliphatic carbocycles. The van der Waals surface area contributed by atoms with Gasteiger partial charge in [-0.2, -0.15) is 0 Å². The van der Waals surface area contributed by atoms with Crippen LogP contribution in [-0.2, 0) is 0 Å². The van der Waals surface area contributed by atoms with Crippen molar-refractivity contribution in [1.82, 2.24) is 0 Å². The van der Waals surface area contributed by atoms with E-state index < -0.39 is 0 Å². The largest absolute Gasteiger partial charge is 0.298 e. The minimum atomic E-state index is 0.441. The van der Waals surface area contributed by atoms with Crippen LogP contribution in [0.15, 0.2) is 30.3 Å². The van der Waals surface area contributed by atoms with Crippen LogP contribution in [0.2, 0.25) is 10.0 Å². The van der Waals surface area contributed by atoms with E-state index in [9.17, 15) is 4.79 Å². The van der Waals surface area contributed by atoms with E-state index in [0.29, 0.717) is 15.6 Å². The van der Waals surface area contributed by atoms with Crippen molar-refractivity contribution in [3.8, 4) is 11.1 Å². The Kier molecular flexibility index (Phi) is 3.74. The van der Waals surface area contributed by atoms with Gasteiger partial charge < -0.3 is 0 Å². The van der Waals surface area contributed by atoms with Crippen LogP contribution in [0.3, 0.4) is 0 Å². The molecule has 2 rings (SSSR count). The number of carbonyl (C=O) groups excluding carboxylic acids is 1. The standard InChI is InChI=1S/C15H12Cl2O/c1-9-5-13(15(17)6-10(9)2)11-3-4-12(8-18)14(16)7-11/h3-8H,1-2H3. The van der Waals surface area contributed by atoms with Crippen molar-refractivity contribution in [2.24, 2.45) is 0 Å². The van der Waals surface area contributed by atoms with Crippen LogP contribution >= 0.6 is 23.2 Å². The number of halogens is 2. The highest BCUT2D eigenvalue weighted by Crippen LogP contribution is 2.32. The average molecular weight is 279 g/mol. The number of carbonyl (C=O) groups is 1. The predicted molar refractivity (Wildman–Crippen MR) is 76.8 cm³/mol. The Hall–Kier alpha value is -1.31. The smallest absolute Gasteiger partial charge is 0.151 e. The van der Waals surface area contributed by atoms with Gasteiger partial charge in [0.05, 0.1) is 5.02 Å². The topological polar surface area (TPSA) is 17.1 Å². The van der Waals surface area contributed by atoms with Gasteiger partial charge in [0.2, 0.25) is 0 Å². The summed E-state index contributed by atoms with van der Waals surface area (Å²) in [5, 5.41) is 1.13. The summed E-state index contributed by atoms with van der Waals surface area (Å²) in [5.41, 5.74) is 4.66. The molecule has 0 aromatic heterocycles. The van der Waals surface area contributed by atoms with E-state index >= 15 is 0 Å². The van der Waals surface area contributed by atoms with Crippen molar-refractivity contribution in [3.05, 3.63) is 57.1 Å². The summed E-state index contributed by atoms with van der Waals surface area (Å²) in [6, 6.07) is 9.29. The minimum Gasteiger partial charge on any atom is -0.298 e. The zero-order valence-electron chi connectivity index (χ0n) is 10.1. The van der Waals surface area contributed by atoms with Gasteiger partial charge in [0.15, 0.2) is 6.29 Å². The van der Waals surface area contributed by atoms with E-state index in [1.807, 2.05) is 32.0 Å². The SMILES string of the molecule is Cc1cc(Cl)c(-c2ccc(C=O)c(Cl)c2)cc1C. The molecule has 0 fully saturated rings. The number of aryl methyl sites for hydroxylation is 2. The van der Waals surface area contributed by atoms with Crippen LogP contribution in [0, 0.1) is 13.8 Å². The Balaban J connectivity index is 2.58. The Labute approximate surface area is 116 Å². The monoisotopic (exact) mass is 278 g/mol. The third-order valence-corrected chi connectivity index (χ3v) is 3.66. The minimum absolute atomic E-state index is 0.441. The summed E-state index contributed by atoms with van der Waals surface area (Å²) in [4.78, 5) is 10.7. The maximum Gasteiger partial charge on any atom is 0.151 e. The summed E-state index contributed by atoms with van der Waals surface area (Å²) in [7, 11) is 0. The molecule has 0 saturated heterocycles. The Bertz CT molecular complexity index is 618. The van der Waals surface area contributed by atoms with Gasteiger partial charge in [-0.3, -0.25) is 4.79 Å². The summed E-state index contributed by atoms with van der Waals surface area (Å²) in [6.07, 6.45) is 0.744. The van der Waals surface area contributed by atoms with Gasteiger partial charge in [0.25, 0.3) is 0 Å². The fourth-order valence-corrected chi connectivity index (χ4v) is 2.34. The maximum absolute atomic E-state index is 10.7. The Morgan fingerprint density at radius 1 is 0.944 bits per heavy atom. The lowest BCUT2D eigenvalue weighted by molar-refractivity contribution is 0.112. The van der Waals surface area contributed by atoms with Gasteiger partial charge in [-0.05, 0) is 54.8 Å². The van der Waals surface area contributed by atoms with Gasteiger partial charge in [-0.15, -0.1) is 0 Å². The first-order valence-corrected chi connectivity index (χ1v) is 6.30. The molecule has 1 nitrogen and oxygen atoms in total. The average Bonchev–Trinajstić information content (AvgIpc) is 2.33. The second-order valence-electron chi connectivity index (χ2n) is 4.27. The molecule has 0 unspecified atom stereocenters. The first-order valence-electron chi connectivity index (χ1n) is 5.55. The number of hydrogen-bond acceptors (Lipinski definition) is 1. The van der Waals surface area contributed by atoms with E-state index in [-0.39, 0.29) is 0 Å². The number of rotatable bonds is 2. The van der Waals surface area contributed by atoms with Crippen LogP contribution in [0.1, 0.15) is 21.5 Å². The number of benzene rings is 2. The number of aldehydes is 1. The molecule has 0 saturated carbocycles. The summed E-state index contributed by atoms with van der Waals surface area (Å²) >= 11 is 12.3. The molecule has 0 spiro atoms. The zero-order valence-corrected chi connectivity index (χ0v) is 11.6. The van der Waals surface area contributed by atoms with Gasteiger partial charge >= 0.3 is 0 Å². The molecular weight excluding hydrogens is 267 g/mol. The van der Waals surface area contributed by atoms with Gasteiger partial charge in [0.1, 0.15) is 0 Å². The molecule has 0 N–H and O–H groups in total.